The minimum Gasteiger partial charge on any atom is -0.345 e. The molecule has 104 valence electrons. The Balaban J connectivity index is 2.23. The average Bonchev–Trinajstić information content (AvgIpc) is 2.62. The summed E-state index contributed by atoms with van der Waals surface area (Å²) in [5, 5.41) is 0.0962. The van der Waals surface area contributed by atoms with E-state index in [1.165, 1.54) is 16.0 Å². The quantitative estimate of drug-likeness (QED) is 0.823. The highest BCUT2D eigenvalue weighted by Gasteiger charge is 2.30. The monoisotopic (exact) mass is 277 g/mol. The molecule has 3 heteroatoms. The van der Waals surface area contributed by atoms with Crippen molar-refractivity contribution in [3.05, 3.63) is 29.3 Å². The van der Waals surface area contributed by atoms with E-state index in [0.717, 1.165) is 13.0 Å². The number of carbonyl (C=O) groups is 1. The lowest BCUT2D eigenvalue weighted by Crippen LogP contribution is -2.23. The summed E-state index contributed by atoms with van der Waals surface area (Å²) >= 11 is 1.73. The molecule has 1 atom stereocenters. The zero-order valence-corrected chi connectivity index (χ0v) is 13.3. The maximum atomic E-state index is 12.0. The van der Waals surface area contributed by atoms with Gasteiger partial charge in [-0.25, -0.2) is 0 Å². The first-order valence-electron chi connectivity index (χ1n) is 6.82. The van der Waals surface area contributed by atoms with Crippen LogP contribution in [0, 0.1) is 6.92 Å². The van der Waals surface area contributed by atoms with Crippen molar-refractivity contribution >= 4 is 17.7 Å². The minimum absolute atomic E-state index is 0.0962. The zero-order chi connectivity index (χ0) is 14.2. The van der Waals surface area contributed by atoms with Crippen LogP contribution in [0.2, 0.25) is 0 Å². The molecule has 1 aromatic carbocycles. The van der Waals surface area contributed by atoms with E-state index >= 15 is 0 Å². The van der Waals surface area contributed by atoms with Crippen molar-refractivity contribution in [3.8, 4) is 0 Å². The van der Waals surface area contributed by atoms with E-state index < -0.39 is 0 Å². The van der Waals surface area contributed by atoms with Crippen LogP contribution in [0.25, 0.3) is 0 Å². The highest BCUT2D eigenvalue weighted by Crippen LogP contribution is 2.35. The molecule has 0 saturated carbocycles. The number of benzene rings is 1. The van der Waals surface area contributed by atoms with Gasteiger partial charge in [-0.2, -0.15) is 0 Å². The predicted octanol–water partition coefficient (Wildman–Crippen LogP) is 3.62. The Bertz CT molecular complexity index is 490. The molecule has 0 aliphatic carbocycles. The van der Waals surface area contributed by atoms with Gasteiger partial charge in [0, 0.05) is 18.5 Å². The molecule has 19 heavy (non-hydrogen) atoms. The molecule has 1 aromatic rings. The lowest BCUT2D eigenvalue weighted by molar-refractivity contribution is -0.126. The van der Waals surface area contributed by atoms with Crippen molar-refractivity contribution in [2.24, 2.45) is 0 Å². The molecular formula is C16H23NOS. The summed E-state index contributed by atoms with van der Waals surface area (Å²) in [5.74, 6) is 0.269. The van der Waals surface area contributed by atoms with Gasteiger partial charge in [0.15, 0.2) is 0 Å². The predicted molar refractivity (Wildman–Crippen MR) is 81.8 cm³/mol. The first-order chi connectivity index (χ1) is 8.79. The van der Waals surface area contributed by atoms with E-state index in [1.807, 2.05) is 11.9 Å². The number of thioether (sulfide) groups is 1. The molecule has 0 spiro atoms. The smallest absolute Gasteiger partial charge is 0.235 e. The van der Waals surface area contributed by atoms with E-state index in [4.69, 9.17) is 0 Å². The van der Waals surface area contributed by atoms with Crippen molar-refractivity contribution < 1.29 is 4.79 Å². The number of hydrogen-bond donors (Lipinski definition) is 0. The summed E-state index contributed by atoms with van der Waals surface area (Å²) < 4.78 is 0. The summed E-state index contributed by atoms with van der Waals surface area (Å²) in [6.45, 7) is 9.67. The van der Waals surface area contributed by atoms with Crippen LogP contribution in [0.1, 0.15) is 38.3 Å². The van der Waals surface area contributed by atoms with E-state index in [9.17, 15) is 4.79 Å². The number of amides is 1. The molecule has 0 aromatic heterocycles. The topological polar surface area (TPSA) is 20.3 Å². The molecule has 2 nitrogen and oxygen atoms in total. The Hall–Kier alpha value is -0.960. The third-order valence-electron chi connectivity index (χ3n) is 3.70. The maximum Gasteiger partial charge on any atom is 0.235 e. The van der Waals surface area contributed by atoms with E-state index in [1.54, 1.807) is 11.8 Å². The highest BCUT2D eigenvalue weighted by atomic mass is 32.2. The molecule has 0 bridgehead atoms. The van der Waals surface area contributed by atoms with Crippen LogP contribution >= 0.6 is 11.8 Å². The van der Waals surface area contributed by atoms with E-state index in [2.05, 4.69) is 45.9 Å². The van der Waals surface area contributed by atoms with Gasteiger partial charge in [0.25, 0.3) is 0 Å². The van der Waals surface area contributed by atoms with Gasteiger partial charge >= 0.3 is 0 Å². The number of nitrogens with zero attached hydrogens (tertiary/aromatic N) is 1. The normalized spacial score (nSPS) is 20.2. The Morgan fingerprint density at radius 2 is 2.00 bits per heavy atom. The zero-order valence-electron chi connectivity index (χ0n) is 12.5. The summed E-state index contributed by atoms with van der Waals surface area (Å²) in [6.07, 6.45) is 0.958. The van der Waals surface area contributed by atoms with Crippen LogP contribution in [0.5, 0.6) is 0 Å². The standard InChI is InChI=1S/C16H23NOS/c1-11-6-7-12(16(2,3)4)10-14(11)19-13-8-9-17(5)15(13)18/h6-7,10,13H,8-9H2,1-5H3. The third-order valence-corrected chi connectivity index (χ3v) is 5.12. The van der Waals surface area contributed by atoms with Crippen LogP contribution in [0.4, 0.5) is 0 Å². The molecule has 1 fully saturated rings. The number of aryl methyl sites for hydroxylation is 1. The number of carbonyl (C=O) groups excluding carboxylic acids is 1. The van der Waals surface area contributed by atoms with Crippen molar-refractivity contribution in [1.29, 1.82) is 0 Å². The molecule has 0 N–H and O–H groups in total. The van der Waals surface area contributed by atoms with Gasteiger partial charge in [-0.3, -0.25) is 4.79 Å². The second-order valence-electron chi connectivity index (χ2n) is 6.39. The summed E-state index contributed by atoms with van der Waals surface area (Å²) in [4.78, 5) is 15.1. The fourth-order valence-corrected chi connectivity index (χ4v) is 3.51. The number of hydrogen-bond acceptors (Lipinski definition) is 2. The molecule has 2 rings (SSSR count). The van der Waals surface area contributed by atoms with Crippen molar-refractivity contribution in [2.45, 2.75) is 49.7 Å². The molecule has 1 amide bonds. The highest BCUT2D eigenvalue weighted by molar-refractivity contribution is 8.00. The van der Waals surface area contributed by atoms with Gasteiger partial charge in [-0.05, 0) is 36.0 Å². The second-order valence-corrected chi connectivity index (χ2v) is 7.63. The molecular weight excluding hydrogens is 254 g/mol. The maximum absolute atomic E-state index is 12.0. The number of likely N-dealkylation sites (tertiary alicyclic amines) is 1. The van der Waals surface area contributed by atoms with Crippen LogP contribution in [-0.4, -0.2) is 29.6 Å². The lowest BCUT2D eigenvalue weighted by atomic mass is 9.87. The van der Waals surface area contributed by atoms with Gasteiger partial charge in [-0.15, -0.1) is 11.8 Å². The number of rotatable bonds is 2. The fraction of sp³-hybridized carbons (Fsp3) is 0.562. The van der Waals surface area contributed by atoms with Gasteiger partial charge in [0.05, 0.1) is 5.25 Å². The van der Waals surface area contributed by atoms with E-state index in [0.29, 0.717) is 0 Å². The van der Waals surface area contributed by atoms with Crippen LogP contribution in [-0.2, 0) is 10.2 Å². The third kappa shape index (κ3) is 3.14. The summed E-state index contributed by atoms with van der Waals surface area (Å²) in [6, 6.07) is 6.62. The van der Waals surface area contributed by atoms with Gasteiger partial charge < -0.3 is 4.90 Å². The molecule has 1 unspecified atom stereocenters. The summed E-state index contributed by atoms with van der Waals surface area (Å²) in [5.41, 5.74) is 2.75. The molecule has 0 radical (unpaired) electrons. The second kappa shape index (κ2) is 5.20. The van der Waals surface area contributed by atoms with Crippen molar-refractivity contribution in [3.63, 3.8) is 0 Å². The van der Waals surface area contributed by atoms with Crippen molar-refractivity contribution in [1.82, 2.24) is 4.90 Å². The molecule has 1 heterocycles. The largest absolute Gasteiger partial charge is 0.345 e. The summed E-state index contributed by atoms with van der Waals surface area (Å²) in [7, 11) is 1.89. The Labute approximate surface area is 120 Å². The lowest BCUT2D eigenvalue weighted by Gasteiger charge is -2.21. The van der Waals surface area contributed by atoms with Crippen LogP contribution < -0.4 is 0 Å². The average molecular weight is 277 g/mol. The molecule has 1 aliphatic heterocycles. The minimum atomic E-state index is 0.0962. The SMILES string of the molecule is Cc1ccc(C(C)(C)C)cc1SC1CCN(C)C1=O. The molecule has 1 aliphatic rings. The Morgan fingerprint density at radius 1 is 1.32 bits per heavy atom. The van der Waals surface area contributed by atoms with Crippen LogP contribution in [0.15, 0.2) is 23.1 Å². The van der Waals surface area contributed by atoms with Gasteiger partial charge in [0.2, 0.25) is 5.91 Å². The Morgan fingerprint density at radius 3 is 2.53 bits per heavy atom. The van der Waals surface area contributed by atoms with Gasteiger partial charge in [-0.1, -0.05) is 32.9 Å². The van der Waals surface area contributed by atoms with Crippen molar-refractivity contribution in [2.75, 3.05) is 13.6 Å². The fourth-order valence-electron chi connectivity index (χ4n) is 2.25. The first-order valence-corrected chi connectivity index (χ1v) is 7.70. The molecule has 1 saturated heterocycles. The Kier molecular flexibility index (Phi) is 3.95. The van der Waals surface area contributed by atoms with E-state index in [-0.39, 0.29) is 16.6 Å². The van der Waals surface area contributed by atoms with Gasteiger partial charge in [0.1, 0.15) is 0 Å². The van der Waals surface area contributed by atoms with Crippen LogP contribution in [0.3, 0.4) is 0 Å². The first kappa shape index (κ1) is 14.4.